The quantitative estimate of drug-likeness (QED) is 0.0483. The second-order valence-corrected chi connectivity index (χ2v) is 26.7. The van der Waals surface area contributed by atoms with Crippen molar-refractivity contribution in [1.82, 2.24) is 20.1 Å². The molecule has 84 heavy (non-hydrogen) atoms. The average molecular weight is 1220 g/mol. The second-order valence-electron chi connectivity index (χ2n) is 22.7. The summed E-state index contributed by atoms with van der Waals surface area (Å²) in [5.41, 5.74) is 3.75. The topological polar surface area (TPSA) is 228 Å². The number of nitrogens with one attached hydrogen (secondary N) is 2. The molecule has 0 radical (unpaired) electrons. The standard InChI is InChI=1S/C62H70Cl2N8O10S2/c1-4-6-20-53-65-61(29-12-13-30-61)59(73)71(53)36-41-22-26-46(48-16-8-10-18-51(48)83(75,76)69-57-55(63)40(3)81-67-57)43(34-41)38-79-33-28-50-56(64)58(68-82-50)70-84(77,78)52-19-11-9-17-49(52)47-27-23-42(35-44(47)39-80-45-24-25-45)37-72-54(21-7-5-2)66-62(60(72)74)31-14-15-32-62/h8-11,16-19,22-23,26-27,34-35,45H,4-7,12-15,20-21,24-25,28-33,36-39H2,1-3H3,(H,67,69)(H,68,70). The average Bonchev–Trinajstić information content (AvgIpc) is 3.79. The van der Waals surface area contributed by atoms with Gasteiger partial charge in [0.2, 0.25) is 11.6 Å². The number of halogens is 2. The van der Waals surface area contributed by atoms with Gasteiger partial charge in [0.15, 0.2) is 11.5 Å². The lowest BCUT2D eigenvalue weighted by Crippen LogP contribution is -2.40. The van der Waals surface area contributed by atoms with Crippen LogP contribution in [-0.2, 0) is 71.8 Å². The van der Waals surface area contributed by atoms with Gasteiger partial charge in [-0.1, -0.05) is 159 Å². The van der Waals surface area contributed by atoms with E-state index in [1.165, 1.54) is 12.1 Å². The number of nitrogens with zero attached hydrogens (tertiary/aromatic N) is 6. The minimum Gasteiger partial charge on any atom is -0.376 e. The van der Waals surface area contributed by atoms with Crippen molar-refractivity contribution < 1.29 is 44.9 Å². The SMILES string of the molecule is CCCCC1=NC2(CCCC2)C(=O)N1Cc1ccc(-c2ccccc2S(=O)(=O)Nc2noc(C)c2Cl)c(COCCc2onc(NS(=O)(=O)c3ccccc3-c3ccc(CN4C(=O)C5(CCCC5)N=C4CCCC)cc3COC3CC3)c2Cl)c1. The van der Waals surface area contributed by atoms with E-state index < -0.39 is 31.1 Å². The lowest BCUT2D eigenvalue weighted by atomic mass is 9.96. The Bertz CT molecular complexity index is 3750. The Morgan fingerprint density at radius 3 is 1.57 bits per heavy atom. The fourth-order valence-electron chi connectivity index (χ4n) is 12.0. The van der Waals surface area contributed by atoms with Crippen LogP contribution in [0.2, 0.25) is 10.0 Å². The number of ether oxygens (including phenoxy) is 2. The highest BCUT2D eigenvalue weighted by Crippen LogP contribution is 2.43. The zero-order valence-electron chi connectivity index (χ0n) is 47.6. The highest BCUT2D eigenvalue weighted by atomic mass is 35.5. The number of sulfonamides is 2. The maximum atomic E-state index is 14.5. The Morgan fingerprint density at radius 1 is 0.619 bits per heavy atom. The molecular weight excluding hydrogens is 1150 g/mol. The molecule has 0 bridgehead atoms. The first-order valence-electron chi connectivity index (χ1n) is 29.3. The predicted octanol–water partition coefficient (Wildman–Crippen LogP) is 13.1. The van der Waals surface area contributed by atoms with E-state index in [0.29, 0.717) is 40.8 Å². The van der Waals surface area contributed by atoms with Crippen LogP contribution in [-0.4, -0.2) is 84.2 Å². The van der Waals surface area contributed by atoms with Gasteiger partial charge in [0.1, 0.15) is 32.8 Å². The Labute approximate surface area is 500 Å². The van der Waals surface area contributed by atoms with Crippen molar-refractivity contribution in [2.24, 2.45) is 9.98 Å². The third-order valence-electron chi connectivity index (χ3n) is 16.6. The van der Waals surface area contributed by atoms with Crippen molar-refractivity contribution >= 4 is 78.4 Å². The number of aliphatic imine (C=N–C) groups is 2. The molecule has 11 rings (SSSR count). The van der Waals surface area contributed by atoms with Crippen LogP contribution in [0.15, 0.2) is 114 Å². The first kappa shape index (κ1) is 59.3. The molecule has 2 aliphatic heterocycles. The number of aromatic nitrogens is 2. The second kappa shape index (κ2) is 24.9. The largest absolute Gasteiger partial charge is 0.376 e. The van der Waals surface area contributed by atoms with Crippen molar-refractivity contribution in [1.29, 1.82) is 0 Å². The molecule has 22 heteroatoms. The van der Waals surface area contributed by atoms with Gasteiger partial charge in [-0.25, -0.2) is 16.8 Å². The normalized spacial score (nSPS) is 17.5. The maximum Gasteiger partial charge on any atom is 0.263 e. The summed E-state index contributed by atoms with van der Waals surface area (Å²) in [6, 6.07) is 24.7. The number of aryl methyl sites for hydroxylation is 1. The summed E-state index contributed by atoms with van der Waals surface area (Å²) in [5.74, 6) is 1.78. The molecule has 0 saturated heterocycles. The molecule has 4 aromatic carbocycles. The van der Waals surface area contributed by atoms with Crippen LogP contribution >= 0.6 is 23.2 Å². The number of hydrogen-bond acceptors (Lipinski definition) is 14. The highest BCUT2D eigenvalue weighted by molar-refractivity contribution is 7.93. The molecule has 3 saturated carbocycles. The number of carbonyl (C=O) groups is 2. The van der Waals surface area contributed by atoms with E-state index >= 15 is 0 Å². The molecule has 0 atom stereocenters. The monoisotopic (exact) mass is 1220 g/mol. The van der Waals surface area contributed by atoms with E-state index in [0.717, 1.165) is 125 Å². The van der Waals surface area contributed by atoms with Crippen LogP contribution in [0.1, 0.15) is 150 Å². The minimum absolute atomic E-state index is 0.0118. The molecule has 3 aliphatic carbocycles. The third kappa shape index (κ3) is 12.3. The number of amides is 2. The first-order valence-corrected chi connectivity index (χ1v) is 33.0. The third-order valence-corrected chi connectivity index (χ3v) is 20.2. The molecule has 2 spiro atoms. The lowest BCUT2D eigenvalue weighted by molar-refractivity contribution is -0.132. The Kier molecular flexibility index (Phi) is 17.6. The molecule has 2 N–H and O–H groups in total. The summed E-state index contributed by atoms with van der Waals surface area (Å²) >= 11 is 13.2. The molecule has 444 valence electrons. The molecule has 2 amide bonds. The van der Waals surface area contributed by atoms with Crippen molar-refractivity contribution in [2.45, 2.75) is 183 Å². The number of rotatable bonds is 26. The van der Waals surface area contributed by atoms with Gasteiger partial charge < -0.3 is 18.5 Å². The van der Waals surface area contributed by atoms with Gasteiger partial charge in [0, 0.05) is 30.4 Å². The van der Waals surface area contributed by atoms with Gasteiger partial charge in [-0.2, -0.15) is 0 Å². The number of unbranched alkanes of at least 4 members (excludes halogenated alkanes) is 2. The zero-order chi connectivity index (χ0) is 58.8. The molecule has 18 nitrogen and oxygen atoms in total. The summed E-state index contributed by atoms with van der Waals surface area (Å²) in [6.07, 6.45) is 14.1. The fraction of sp³-hybridized carbons (Fsp3) is 0.452. The number of carbonyl (C=O) groups excluding carboxylic acids is 2. The van der Waals surface area contributed by atoms with E-state index in [9.17, 15) is 26.4 Å². The van der Waals surface area contributed by atoms with Crippen molar-refractivity contribution in [3.05, 3.63) is 129 Å². The van der Waals surface area contributed by atoms with E-state index in [4.69, 9.17) is 51.7 Å². The number of anilines is 2. The molecule has 4 heterocycles. The van der Waals surface area contributed by atoms with Gasteiger partial charge in [0.25, 0.3) is 31.9 Å². The van der Waals surface area contributed by atoms with Crippen LogP contribution in [0.25, 0.3) is 22.3 Å². The predicted molar refractivity (Wildman–Crippen MR) is 322 cm³/mol. The van der Waals surface area contributed by atoms with Crippen LogP contribution in [0.3, 0.4) is 0 Å². The number of amidine groups is 2. The molecule has 2 aromatic heterocycles. The number of benzene rings is 4. The first-order chi connectivity index (χ1) is 40.5. The zero-order valence-corrected chi connectivity index (χ0v) is 50.7. The van der Waals surface area contributed by atoms with Gasteiger partial charge in [-0.15, -0.1) is 0 Å². The molecule has 6 aromatic rings. The van der Waals surface area contributed by atoms with Gasteiger partial charge in [0.05, 0.1) is 48.8 Å². The van der Waals surface area contributed by atoms with Crippen LogP contribution in [0.5, 0.6) is 0 Å². The van der Waals surface area contributed by atoms with Crippen molar-refractivity contribution in [2.75, 3.05) is 16.1 Å². The maximum absolute atomic E-state index is 14.5. The smallest absolute Gasteiger partial charge is 0.263 e. The van der Waals surface area contributed by atoms with Crippen LogP contribution in [0, 0.1) is 6.92 Å². The summed E-state index contributed by atoms with van der Waals surface area (Å²) in [5, 5.41) is 7.85. The Morgan fingerprint density at radius 2 is 1.10 bits per heavy atom. The minimum atomic E-state index is -4.35. The highest BCUT2D eigenvalue weighted by Gasteiger charge is 2.50. The van der Waals surface area contributed by atoms with E-state index in [2.05, 4.69) is 33.6 Å². The van der Waals surface area contributed by atoms with Crippen LogP contribution < -0.4 is 9.44 Å². The van der Waals surface area contributed by atoms with E-state index in [-0.39, 0.29) is 93.7 Å². The van der Waals surface area contributed by atoms with Crippen molar-refractivity contribution in [3.8, 4) is 22.3 Å². The number of hydrogen-bond donors (Lipinski definition) is 2. The summed E-state index contributed by atoms with van der Waals surface area (Å²) in [4.78, 5) is 42.0. The van der Waals surface area contributed by atoms with E-state index in [1.807, 2.05) is 46.2 Å². The van der Waals surface area contributed by atoms with Crippen molar-refractivity contribution in [3.63, 3.8) is 0 Å². The Balaban J connectivity index is 0.817. The summed E-state index contributed by atoms with van der Waals surface area (Å²) in [7, 11) is -8.63. The molecule has 3 fully saturated rings. The van der Waals surface area contributed by atoms with Gasteiger partial charge in [-0.3, -0.25) is 38.8 Å². The summed E-state index contributed by atoms with van der Waals surface area (Å²) < 4.78 is 85.7. The summed E-state index contributed by atoms with van der Waals surface area (Å²) in [6.45, 7) is 6.69. The Hall–Kier alpha value is -6.42. The molecule has 0 unspecified atom stereocenters. The van der Waals surface area contributed by atoms with Crippen LogP contribution in [0.4, 0.5) is 11.6 Å². The van der Waals surface area contributed by atoms with Gasteiger partial charge >= 0.3 is 0 Å². The fourth-order valence-corrected chi connectivity index (χ4v) is 14.9. The lowest BCUT2D eigenvalue weighted by Gasteiger charge is -2.23. The molecular formula is C62H70Cl2N8O10S2. The molecule has 5 aliphatic rings. The van der Waals surface area contributed by atoms with Gasteiger partial charge in [-0.05, 0) is 104 Å². The van der Waals surface area contributed by atoms with E-state index in [1.54, 1.807) is 43.3 Å².